The van der Waals surface area contributed by atoms with Gasteiger partial charge in [-0.2, -0.15) is 0 Å². The van der Waals surface area contributed by atoms with Crippen molar-refractivity contribution in [2.45, 2.75) is 5.54 Å². The number of benzene rings is 4. The van der Waals surface area contributed by atoms with E-state index in [4.69, 9.17) is 4.74 Å². The van der Waals surface area contributed by atoms with Crippen LogP contribution in [0.25, 0.3) is 0 Å². The predicted molar refractivity (Wildman–Crippen MR) is 127 cm³/mol. The number of methoxy groups -OCH3 is 1. The highest BCUT2D eigenvalue weighted by Crippen LogP contribution is 2.43. The Labute approximate surface area is 187 Å². The summed E-state index contributed by atoms with van der Waals surface area (Å²) in [5.74, 6) is 1.49. The van der Waals surface area contributed by atoms with Crippen LogP contribution in [0.4, 0.5) is 0 Å². The third-order valence-corrected chi connectivity index (χ3v) is 5.79. The third-order valence-electron chi connectivity index (χ3n) is 5.79. The molecular formula is C27H24N4O. The standard InChI is InChI=1S/C27H24N4O/c1-32-25-20-12-11-19-24(25)26-28-29-30-31(26)27(21-13-5-2-6-14-21,22-15-7-3-8-16-22)23-17-9-4-10-18-23/h2-20,29-30H,1H3. The van der Waals surface area contributed by atoms with Crippen molar-refractivity contribution in [3.05, 3.63) is 138 Å². The van der Waals surface area contributed by atoms with Gasteiger partial charge in [0.2, 0.25) is 0 Å². The lowest BCUT2D eigenvalue weighted by molar-refractivity contribution is 0.182. The van der Waals surface area contributed by atoms with Crippen LogP contribution in [0.15, 0.2) is 120 Å². The number of amidine groups is 1. The summed E-state index contributed by atoms with van der Waals surface area (Å²) in [6.45, 7) is 0. The number of ether oxygens (including phenoxy) is 1. The van der Waals surface area contributed by atoms with Crippen molar-refractivity contribution >= 4 is 5.84 Å². The molecule has 2 N–H and O–H groups in total. The minimum Gasteiger partial charge on any atom is -0.496 e. The molecule has 0 spiro atoms. The van der Waals surface area contributed by atoms with Crippen LogP contribution in [-0.2, 0) is 5.54 Å². The van der Waals surface area contributed by atoms with Crippen LogP contribution in [0.3, 0.4) is 0 Å². The molecule has 5 heteroatoms. The SMILES string of the molecule is COc1ccccc1C1=NNNN1C(c1ccccc1)(c1ccccc1)c1ccccc1. The smallest absolute Gasteiger partial charge is 0.178 e. The second-order valence-corrected chi connectivity index (χ2v) is 7.50. The van der Waals surface area contributed by atoms with Gasteiger partial charge in [0, 0.05) is 0 Å². The van der Waals surface area contributed by atoms with E-state index in [1.807, 2.05) is 42.5 Å². The zero-order valence-electron chi connectivity index (χ0n) is 17.8. The first kappa shape index (κ1) is 19.8. The minimum absolute atomic E-state index is 0.701. The Morgan fingerprint density at radius 1 is 0.656 bits per heavy atom. The van der Waals surface area contributed by atoms with Crippen molar-refractivity contribution < 1.29 is 4.74 Å². The summed E-state index contributed by atoms with van der Waals surface area (Å²) in [6.07, 6.45) is 0. The molecule has 0 saturated heterocycles. The summed E-state index contributed by atoms with van der Waals surface area (Å²) in [5.41, 5.74) is 9.82. The second kappa shape index (κ2) is 8.57. The Balaban J connectivity index is 1.82. The fourth-order valence-corrected chi connectivity index (χ4v) is 4.41. The van der Waals surface area contributed by atoms with Gasteiger partial charge in [-0.1, -0.05) is 103 Å². The van der Waals surface area contributed by atoms with Crippen LogP contribution < -0.4 is 15.8 Å². The molecule has 0 atom stereocenters. The van der Waals surface area contributed by atoms with Crippen LogP contribution in [0.5, 0.6) is 5.75 Å². The van der Waals surface area contributed by atoms with E-state index in [9.17, 15) is 0 Å². The Bertz CT molecular complexity index is 1110. The largest absolute Gasteiger partial charge is 0.496 e. The maximum atomic E-state index is 5.67. The van der Waals surface area contributed by atoms with E-state index in [1.165, 1.54) is 0 Å². The lowest BCUT2D eigenvalue weighted by atomic mass is 9.76. The van der Waals surface area contributed by atoms with E-state index in [2.05, 4.69) is 94.0 Å². The van der Waals surface area contributed by atoms with Gasteiger partial charge in [-0.3, -0.25) is 5.01 Å². The van der Waals surface area contributed by atoms with Crippen LogP contribution in [-0.4, -0.2) is 18.0 Å². The van der Waals surface area contributed by atoms with Crippen molar-refractivity contribution in [3.8, 4) is 5.75 Å². The van der Waals surface area contributed by atoms with Gasteiger partial charge < -0.3 is 4.74 Å². The molecule has 4 aromatic rings. The maximum absolute atomic E-state index is 5.67. The summed E-state index contributed by atoms with van der Waals surface area (Å²) >= 11 is 0. The molecule has 5 rings (SSSR count). The van der Waals surface area contributed by atoms with Gasteiger partial charge in [-0.25, -0.2) is 5.53 Å². The second-order valence-electron chi connectivity index (χ2n) is 7.50. The molecule has 5 nitrogen and oxygen atoms in total. The first-order chi connectivity index (χ1) is 15.9. The Hall–Kier alpha value is -4.09. The average Bonchev–Trinajstić information content (AvgIpc) is 3.36. The van der Waals surface area contributed by atoms with Crippen LogP contribution in [0.2, 0.25) is 0 Å². The topological polar surface area (TPSA) is 48.9 Å². The Kier molecular flexibility index (Phi) is 5.32. The minimum atomic E-state index is -0.701. The van der Waals surface area contributed by atoms with Crippen molar-refractivity contribution in [1.29, 1.82) is 0 Å². The van der Waals surface area contributed by atoms with Gasteiger partial charge in [0.15, 0.2) is 5.84 Å². The predicted octanol–water partition coefficient (Wildman–Crippen LogP) is 4.67. The molecule has 0 aromatic heterocycles. The Morgan fingerprint density at radius 2 is 1.12 bits per heavy atom. The number of hydrogen-bond donors (Lipinski definition) is 2. The van der Waals surface area contributed by atoms with Crippen molar-refractivity contribution in [3.63, 3.8) is 0 Å². The molecule has 1 heterocycles. The fraction of sp³-hybridized carbons (Fsp3) is 0.0741. The zero-order valence-corrected chi connectivity index (χ0v) is 17.8. The normalized spacial score (nSPS) is 13.4. The molecule has 32 heavy (non-hydrogen) atoms. The number of nitrogens with zero attached hydrogens (tertiary/aromatic N) is 2. The van der Waals surface area contributed by atoms with Crippen LogP contribution in [0.1, 0.15) is 22.3 Å². The zero-order chi connectivity index (χ0) is 21.8. The van der Waals surface area contributed by atoms with Gasteiger partial charge in [0.25, 0.3) is 0 Å². The molecule has 0 aliphatic carbocycles. The highest BCUT2D eigenvalue weighted by molar-refractivity contribution is 6.02. The van der Waals surface area contributed by atoms with Crippen molar-refractivity contribution in [2.24, 2.45) is 5.10 Å². The van der Waals surface area contributed by atoms with Gasteiger partial charge in [0.1, 0.15) is 11.3 Å². The molecule has 1 aliphatic heterocycles. The number of hydrazine groups is 2. The third kappa shape index (κ3) is 3.20. The van der Waals surface area contributed by atoms with Gasteiger partial charge >= 0.3 is 0 Å². The fourth-order valence-electron chi connectivity index (χ4n) is 4.41. The highest BCUT2D eigenvalue weighted by atomic mass is 16.5. The van der Waals surface area contributed by atoms with Gasteiger partial charge in [-0.05, 0) is 28.8 Å². The molecular weight excluding hydrogens is 396 g/mol. The van der Waals surface area contributed by atoms with Gasteiger partial charge in [0.05, 0.1) is 12.7 Å². The molecule has 0 fully saturated rings. The molecule has 0 saturated carbocycles. The van der Waals surface area contributed by atoms with E-state index in [1.54, 1.807) is 7.11 Å². The lowest BCUT2D eigenvalue weighted by Crippen LogP contribution is -2.56. The maximum Gasteiger partial charge on any atom is 0.178 e. The molecule has 0 radical (unpaired) electrons. The Morgan fingerprint density at radius 3 is 1.62 bits per heavy atom. The monoisotopic (exact) mass is 420 g/mol. The summed E-state index contributed by atoms with van der Waals surface area (Å²) in [4.78, 5) is 0. The van der Waals surface area contributed by atoms with Crippen LogP contribution in [0, 0.1) is 0 Å². The van der Waals surface area contributed by atoms with Crippen molar-refractivity contribution in [1.82, 2.24) is 16.1 Å². The number of hydrazone groups is 1. The van der Waals surface area contributed by atoms with E-state index in [0.717, 1.165) is 33.8 Å². The molecule has 0 amide bonds. The van der Waals surface area contributed by atoms with E-state index < -0.39 is 5.54 Å². The highest BCUT2D eigenvalue weighted by Gasteiger charge is 2.46. The molecule has 0 bridgehead atoms. The first-order valence-electron chi connectivity index (χ1n) is 10.5. The average molecular weight is 421 g/mol. The van der Waals surface area contributed by atoms with E-state index in [-0.39, 0.29) is 0 Å². The number of para-hydroxylation sites is 1. The van der Waals surface area contributed by atoms with Crippen molar-refractivity contribution in [2.75, 3.05) is 7.11 Å². The van der Waals surface area contributed by atoms with E-state index in [0.29, 0.717) is 0 Å². The molecule has 158 valence electrons. The quantitative estimate of drug-likeness (QED) is 0.445. The molecule has 4 aromatic carbocycles. The van der Waals surface area contributed by atoms with E-state index >= 15 is 0 Å². The number of hydrogen-bond acceptors (Lipinski definition) is 5. The summed E-state index contributed by atoms with van der Waals surface area (Å²) in [7, 11) is 1.68. The summed E-state index contributed by atoms with van der Waals surface area (Å²) < 4.78 is 5.67. The summed E-state index contributed by atoms with van der Waals surface area (Å²) in [6, 6.07) is 39.4. The lowest BCUT2D eigenvalue weighted by Gasteiger charge is -2.44. The molecule has 1 aliphatic rings. The summed E-state index contributed by atoms with van der Waals surface area (Å²) in [5, 5.41) is 6.73. The first-order valence-corrected chi connectivity index (χ1v) is 10.5. The number of rotatable bonds is 6. The van der Waals surface area contributed by atoms with Crippen LogP contribution >= 0.6 is 0 Å². The number of nitrogens with one attached hydrogen (secondary N) is 2. The molecule has 0 unspecified atom stereocenters. The van der Waals surface area contributed by atoms with Gasteiger partial charge in [-0.15, -0.1) is 10.6 Å².